The fourth-order valence-corrected chi connectivity index (χ4v) is 3.78. The number of hydrogen-bond acceptors (Lipinski definition) is 4. The van der Waals surface area contributed by atoms with E-state index in [0.29, 0.717) is 46.0 Å². The fourth-order valence-electron chi connectivity index (χ4n) is 3.43. The minimum Gasteiger partial charge on any atom is -0.495 e. The third-order valence-electron chi connectivity index (χ3n) is 4.91. The van der Waals surface area contributed by atoms with Gasteiger partial charge in [0.1, 0.15) is 5.75 Å². The second kappa shape index (κ2) is 7.17. The summed E-state index contributed by atoms with van der Waals surface area (Å²) < 4.78 is 6.83. The maximum absolute atomic E-state index is 13.2. The molecule has 0 saturated carbocycles. The van der Waals surface area contributed by atoms with Crippen molar-refractivity contribution in [2.24, 2.45) is 0 Å². The maximum Gasteiger partial charge on any atom is 0.328 e. The van der Waals surface area contributed by atoms with Crippen molar-refractivity contribution in [2.75, 3.05) is 40.3 Å². The summed E-state index contributed by atoms with van der Waals surface area (Å²) in [6, 6.07) is 3.30. The van der Waals surface area contributed by atoms with E-state index in [-0.39, 0.29) is 12.5 Å². The van der Waals surface area contributed by atoms with Gasteiger partial charge in [-0.2, -0.15) is 0 Å². The van der Waals surface area contributed by atoms with Crippen LogP contribution in [0.5, 0.6) is 5.75 Å². The van der Waals surface area contributed by atoms with Crippen LogP contribution in [0.1, 0.15) is 11.3 Å². The molecule has 1 aliphatic heterocycles. The maximum atomic E-state index is 13.2. The third-order valence-corrected chi connectivity index (χ3v) is 5.29. The van der Waals surface area contributed by atoms with Crippen molar-refractivity contribution in [3.05, 3.63) is 28.4 Å². The molecule has 3 rings (SSSR count). The van der Waals surface area contributed by atoms with Crippen molar-refractivity contribution >= 4 is 34.5 Å². The Hall–Kier alpha value is -2.25. The van der Waals surface area contributed by atoms with Crippen LogP contribution < -0.4 is 4.74 Å². The molecule has 0 radical (unpaired) electrons. The van der Waals surface area contributed by atoms with E-state index in [0.717, 1.165) is 13.1 Å². The zero-order valence-corrected chi connectivity index (χ0v) is 15.8. The zero-order chi connectivity index (χ0) is 19.0. The Morgan fingerprint density at radius 1 is 1.23 bits per heavy atom. The third kappa shape index (κ3) is 3.12. The smallest absolute Gasteiger partial charge is 0.328 e. The molecule has 0 spiro atoms. The van der Waals surface area contributed by atoms with Crippen LogP contribution in [-0.2, 0) is 11.2 Å². The minimum atomic E-state index is -0.974. The molecule has 1 aliphatic rings. The zero-order valence-electron chi connectivity index (χ0n) is 15.1. The standard InChI is InChI=1S/C18H22ClN3O4/c1-11-12(10-15(23)24)16-13(4-5-14(26-3)17(16)19)22(11)18(25)21-8-6-20(2)7-9-21/h4-5H,6-10H2,1-3H3,(H,23,24). The van der Waals surface area contributed by atoms with Gasteiger partial charge >= 0.3 is 12.0 Å². The number of likely N-dealkylation sites (N-methyl/N-ethyl adjacent to an activating group) is 1. The van der Waals surface area contributed by atoms with Crippen molar-refractivity contribution in [1.29, 1.82) is 0 Å². The first-order valence-electron chi connectivity index (χ1n) is 8.41. The molecule has 0 unspecified atom stereocenters. The average Bonchev–Trinajstić information content (AvgIpc) is 2.87. The first kappa shape index (κ1) is 18.5. The average molecular weight is 380 g/mol. The molecule has 1 saturated heterocycles. The van der Waals surface area contributed by atoms with E-state index >= 15 is 0 Å². The molecule has 2 aromatic rings. The number of piperazine rings is 1. The Labute approximate surface area is 156 Å². The number of rotatable bonds is 3. The van der Waals surface area contributed by atoms with Crippen molar-refractivity contribution in [2.45, 2.75) is 13.3 Å². The van der Waals surface area contributed by atoms with E-state index in [2.05, 4.69) is 4.90 Å². The number of halogens is 1. The van der Waals surface area contributed by atoms with Gasteiger partial charge in [-0.25, -0.2) is 4.79 Å². The SMILES string of the molecule is COc1ccc2c(c1Cl)c(CC(=O)O)c(C)n2C(=O)N1CCN(C)CC1. The van der Waals surface area contributed by atoms with E-state index < -0.39 is 5.97 Å². The highest BCUT2D eigenvalue weighted by atomic mass is 35.5. The summed E-state index contributed by atoms with van der Waals surface area (Å²) in [4.78, 5) is 28.5. The number of hydrogen-bond donors (Lipinski definition) is 1. The van der Waals surface area contributed by atoms with Crippen molar-refractivity contribution in [3.8, 4) is 5.75 Å². The second-order valence-electron chi connectivity index (χ2n) is 6.52. The molecule has 1 aromatic heterocycles. The molecule has 7 nitrogen and oxygen atoms in total. The molecule has 1 aromatic carbocycles. The number of carboxylic acid groups (broad SMARTS) is 1. The lowest BCUT2D eigenvalue weighted by Crippen LogP contribution is -2.48. The van der Waals surface area contributed by atoms with Gasteiger partial charge in [0.2, 0.25) is 0 Å². The molecular weight excluding hydrogens is 358 g/mol. The van der Waals surface area contributed by atoms with Gasteiger partial charge < -0.3 is 19.6 Å². The first-order chi connectivity index (χ1) is 12.3. The molecule has 1 N–H and O–H groups in total. The molecule has 140 valence electrons. The van der Waals surface area contributed by atoms with Crippen LogP contribution in [0.15, 0.2) is 12.1 Å². The van der Waals surface area contributed by atoms with Crippen molar-refractivity contribution < 1.29 is 19.4 Å². The molecule has 0 atom stereocenters. The highest BCUT2D eigenvalue weighted by Crippen LogP contribution is 2.38. The van der Waals surface area contributed by atoms with E-state index in [4.69, 9.17) is 16.3 Å². The molecule has 1 amide bonds. The molecule has 0 aliphatic carbocycles. The van der Waals surface area contributed by atoms with Crippen LogP contribution in [-0.4, -0.2) is 71.8 Å². The van der Waals surface area contributed by atoms with Crippen LogP contribution >= 0.6 is 11.6 Å². The summed E-state index contributed by atoms with van der Waals surface area (Å²) in [5, 5.41) is 10.2. The monoisotopic (exact) mass is 379 g/mol. The van der Waals surface area contributed by atoms with Gasteiger partial charge in [-0.15, -0.1) is 0 Å². The van der Waals surface area contributed by atoms with Crippen molar-refractivity contribution in [3.63, 3.8) is 0 Å². The largest absolute Gasteiger partial charge is 0.495 e. The number of benzene rings is 1. The number of ether oxygens (including phenoxy) is 1. The predicted molar refractivity (Wildman–Crippen MR) is 99.4 cm³/mol. The number of methoxy groups -OCH3 is 1. The summed E-state index contributed by atoms with van der Waals surface area (Å²) in [5.41, 5.74) is 1.74. The van der Waals surface area contributed by atoms with Crippen LogP contribution in [0.2, 0.25) is 5.02 Å². The molecule has 26 heavy (non-hydrogen) atoms. The number of aliphatic carboxylic acids is 1. The van der Waals surface area contributed by atoms with Gasteiger partial charge in [-0.05, 0) is 31.7 Å². The lowest BCUT2D eigenvalue weighted by atomic mass is 10.1. The summed E-state index contributed by atoms with van der Waals surface area (Å²) in [6.07, 6.45) is -0.210. The lowest BCUT2D eigenvalue weighted by molar-refractivity contribution is -0.136. The molecular formula is C18H22ClN3O4. The highest BCUT2D eigenvalue weighted by Gasteiger charge is 2.27. The number of fused-ring (bicyclic) bond motifs is 1. The Kier molecular flexibility index (Phi) is 5.11. The van der Waals surface area contributed by atoms with E-state index in [1.54, 1.807) is 28.5 Å². The molecule has 0 bridgehead atoms. The number of carboxylic acids is 1. The van der Waals surface area contributed by atoms with Crippen LogP contribution in [0.4, 0.5) is 4.79 Å². The second-order valence-corrected chi connectivity index (χ2v) is 6.90. The Morgan fingerprint density at radius 2 is 1.88 bits per heavy atom. The Morgan fingerprint density at radius 3 is 2.46 bits per heavy atom. The Balaban J connectivity index is 2.16. The van der Waals surface area contributed by atoms with E-state index in [9.17, 15) is 14.7 Å². The molecule has 1 fully saturated rings. The number of nitrogens with zero attached hydrogens (tertiary/aromatic N) is 3. The highest BCUT2D eigenvalue weighted by molar-refractivity contribution is 6.37. The number of amides is 1. The topological polar surface area (TPSA) is 75.0 Å². The lowest BCUT2D eigenvalue weighted by Gasteiger charge is -2.32. The van der Waals surface area contributed by atoms with Gasteiger partial charge in [0.25, 0.3) is 0 Å². The molecule has 8 heteroatoms. The number of carbonyl (C=O) groups excluding carboxylic acids is 1. The first-order valence-corrected chi connectivity index (χ1v) is 8.79. The normalized spacial score (nSPS) is 15.5. The van der Waals surface area contributed by atoms with Crippen molar-refractivity contribution in [1.82, 2.24) is 14.4 Å². The summed E-state index contributed by atoms with van der Waals surface area (Å²) in [5.74, 6) is -0.520. The minimum absolute atomic E-state index is 0.154. The summed E-state index contributed by atoms with van der Waals surface area (Å²) in [7, 11) is 3.53. The van der Waals surface area contributed by atoms with Gasteiger partial charge in [0.05, 0.1) is 24.1 Å². The van der Waals surface area contributed by atoms with Gasteiger partial charge in [-0.3, -0.25) is 9.36 Å². The van der Waals surface area contributed by atoms with Gasteiger partial charge in [0, 0.05) is 37.3 Å². The number of aromatic nitrogens is 1. The van der Waals surface area contributed by atoms with Gasteiger partial charge in [0.15, 0.2) is 0 Å². The van der Waals surface area contributed by atoms with Crippen LogP contribution in [0, 0.1) is 6.92 Å². The Bertz CT molecular complexity index is 869. The summed E-state index contributed by atoms with van der Waals surface area (Å²) >= 11 is 6.46. The van der Waals surface area contributed by atoms with E-state index in [1.165, 1.54) is 7.11 Å². The molecule has 2 heterocycles. The van der Waals surface area contributed by atoms with Crippen LogP contribution in [0.25, 0.3) is 10.9 Å². The fraction of sp³-hybridized carbons (Fsp3) is 0.444. The van der Waals surface area contributed by atoms with Crippen LogP contribution in [0.3, 0.4) is 0 Å². The predicted octanol–water partition coefficient (Wildman–Crippen LogP) is 2.45. The van der Waals surface area contributed by atoms with E-state index in [1.807, 2.05) is 7.05 Å². The number of carbonyl (C=O) groups is 2. The van der Waals surface area contributed by atoms with Gasteiger partial charge in [-0.1, -0.05) is 11.6 Å². The quantitative estimate of drug-likeness (QED) is 0.886. The summed E-state index contributed by atoms with van der Waals surface area (Å²) in [6.45, 7) is 4.63.